The van der Waals surface area contributed by atoms with E-state index in [1.54, 1.807) is 28.6 Å². The number of pyridine rings is 1. The van der Waals surface area contributed by atoms with Crippen LogP contribution in [0.4, 0.5) is 8.78 Å². The highest BCUT2D eigenvalue weighted by Gasteiger charge is 2.25. The topological polar surface area (TPSA) is 68.5 Å². The van der Waals surface area contributed by atoms with Gasteiger partial charge in [0.15, 0.2) is 4.77 Å². The van der Waals surface area contributed by atoms with Gasteiger partial charge in [-0.05, 0) is 37.2 Å². The van der Waals surface area contributed by atoms with Crippen molar-refractivity contribution in [3.05, 3.63) is 39.0 Å². The molecular formula is C17H17F2N5OS. The first-order chi connectivity index (χ1) is 12.5. The highest BCUT2D eigenvalue weighted by Crippen LogP contribution is 2.34. The molecule has 0 bridgehead atoms. The van der Waals surface area contributed by atoms with Crippen LogP contribution in [0.3, 0.4) is 0 Å². The molecule has 0 atom stereocenters. The maximum absolute atomic E-state index is 13.7. The van der Waals surface area contributed by atoms with Gasteiger partial charge in [0.05, 0.1) is 11.1 Å². The van der Waals surface area contributed by atoms with Crippen LogP contribution in [0, 0.1) is 4.77 Å². The summed E-state index contributed by atoms with van der Waals surface area (Å²) in [6, 6.07) is 3.00. The summed E-state index contributed by atoms with van der Waals surface area (Å²) in [5.74, 6) is 0. The Hall–Kier alpha value is -2.42. The number of rotatable bonds is 3. The highest BCUT2D eigenvalue weighted by atomic mass is 32.1. The predicted molar refractivity (Wildman–Crippen MR) is 95.9 cm³/mol. The molecule has 3 aromatic heterocycles. The van der Waals surface area contributed by atoms with E-state index in [1.165, 1.54) is 6.07 Å². The van der Waals surface area contributed by atoms with Crippen molar-refractivity contribution < 1.29 is 8.78 Å². The van der Waals surface area contributed by atoms with E-state index in [-0.39, 0.29) is 27.4 Å². The molecule has 6 nitrogen and oxygen atoms in total. The first kappa shape index (κ1) is 17.0. The van der Waals surface area contributed by atoms with Gasteiger partial charge in [-0.2, -0.15) is 5.10 Å². The molecule has 0 unspecified atom stereocenters. The number of nitrogens with zero attached hydrogens (tertiary/aromatic N) is 4. The van der Waals surface area contributed by atoms with Crippen LogP contribution in [0.1, 0.15) is 43.7 Å². The fraction of sp³-hybridized carbons (Fsp3) is 0.412. The van der Waals surface area contributed by atoms with Gasteiger partial charge in [-0.3, -0.25) is 19.0 Å². The molecule has 1 fully saturated rings. The SMILES string of the molecule is Cn1ccc(-c2cc(C(F)F)c3c(=O)[nH]c(=S)n(C4CCCC4)c3n2)n1. The summed E-state index contributed by atoms with van der Waals surface area (Å²) in [7, 11) is 1.74. The number of aryl methyl sites for hydroxylation is 1. The second-order valence-electron chi connectivity index (χ2n) is 6.54. The maximum Gasteiger partial charge on any atom is 0.264 e. The van der Waals surface area contributed by atoms with Crippen LogP contribution < -0.4 is 5.56 Å². The summed E-state index contributed by atoms with van der Waals surface area (Å²) in [6.07, 6.45) is 2.75. The molecule has 0 aliphatic heterocycles. The van der Waals surface area contributed by atoms with E-state index in [1.807, 2.05) is 0 Å². The molecule has 3 aromatic rings. The number of hydrogen-bond donors (Lipinski definition) is 1. The van der Waals surface area contributed by atoms with Crippen molar-refractivity contribution >= 4 is 23.3 Å². The van der Waals surface area contributed by atoms with Gasteiger partial charge in [0, 0.05) is 24.8 Å². The Morgan fingerprint density at radius 1 is 1.31 bits per heavy atom. The molecule has 26 heavy (non-hydrogen) atoms. The molecule has 1 aliphatic carbocycles. The molecule has 1 aliphatic rings. The minimum absolute atomic E-state index is 0.0545. The van der Waals surface area contributed by atoms with Crippen LogP contribution >= 0.6 is 12.2 Å². The van der Waals surface area contributed by atoms with Crippen molar-refractivity contribution in [2.24, 2.45) is 7.05 Å². The second kappa shape index (κ2) is 6.39. The third-order valence-electron chi connectivity index (χ3n) is 4.83. The Bertz CT molecular complexity index is 1090. The molecule has 0 aromatic carbocycles. The van der Waals surface area contributed by atoms with E-state index in [0.717, 1.165) is 25.7 Å². The van der Waals surface area contributed by atoms with Gasteiger partial charge >= 0.3 is 0 Å². The Morgan fingerprint density at radius 3 is 2.65 bits per heavy atom. The fourth-order valence-corrected chi connectivity index (χ4v) is 3.96. The van der Waals surface area contributed by atoms with E-state index in [9.17, 15) is 13.6 Å². The number of fused-ring (bicyclic) bond motifs is 1. The second-order valence-corrected chi connectivity index (χ2v) is 6.92. The van der Waals surface area contributed by atoms with E-state index in [4.69, 9.17) is 12.2 Å². The average Bonchev–Trinajstić information content (AvgIpc) is 3.25. The van der Waals surface area contributed by atoms with Crippen LogP contribution in [-0.4, -0.2) is 24.3 Å². The van der Waals surface area contributed by atoms with Crippen molar-refractivity contribution in [1.29, 1.82) is 0 Å². The molecule has 4 rings (SSSR count). The first-order valence-electron chi connectivity index (χ1n) is 8.43. The van der Waals surface area contributed by atoms with Gasteiger partial charge in [0.2, 0.25) is 0 Å². The number of aromatic nitrogens is 5. The maximum atomic E-state index is 13.7. The zero-order valence-electron chi connectivity index (χ0n) is 14.1. The number of hydrogen-bond acceptors (Lipinski definition) is 4. The quantitative estimate of drug-likeness (QED) is 0.703. The summed E-state index contributed by atoms with van der Waals surface area (Å²) >= 11 is 5.34. The van der Waals surface area contributed by atoms with Gasteiger partial charge < -0.3 is 0 Å². The van der Waals surface area contributed by atoms with Gasteiger partial charge in [-0.1, -0.05) is 12.8 Å². The third kappa shape index (κ3) is 2.76. The molecule has 1 N–H and O–H groups in total. The number of halogens is 2. The summed E-state index contributed by atoms with van der Waals surface area (Å²) in [5.41, 5.74) is 0.0120. The number of H-pyrrole nitrogens is 1. The van der Waals surface area contributed by atoms with Crippen molar-refractivity contribution in [2.75, 3.05) is 0 Å². The fourth-order valence-electron chi connectivity index (χ4n) is 3.63. The van der Waals surface area contributed by atoms with Crippen LogP contribution in [0.2, 0.25) is 0 Å². The lowest BCUT2D eigenvalue weighted by Gasteiger charge is -2.18. The van der Waals surface area contributed by atoms with Crippen LogP contribution in [0.25, 0.3) is 22.4 Å². The van der Waals surface area contributed by atoms with E-state index in [2.05, 4.69) is 15.1 Å². The molecule has 0 radical (unpaired) electrons. The van der Waals surface area contributed by atoms with Crippen LogP contribution in [-0.2, 0) is 7.05 Å². The van der Waals surface area contributed by atoms with E-state index >= 15 is 0 Å². The molecule has 136 valence electrons. The number of nitrogens with one attached hydrogen (secondary N) is 1. The molecular weight excluding hydrogens is 360 g/mol. The van der Waals surface area contributed by atoms with Gasteiger partial charge in [-0.15, -0.1) is 0 Å². The standard InChI is InChI=1S/C17H17F2N5OS/c1-23-7-6-11(22-23)12-8-10(14(18)19)13-15(20-12)24(9-4-2-3-5-9)17(26)21-16(13)25/h6-9,14H,2-5H2,1H3,(H,21,25,26). The average molecular weight is 377 g/mol. The minimum atomic E-state index is -2.81. The molecule has 0 spiro atoms. The number of aromatic amines is 1. The van der Waals surface area contributed by atoms with Gasteiger partial charge in [-0.25, -0.2) is 13.8 Å². The lowest BCUT2D eigenvalue weighted by atomic mass is 10.1. The smallest absolute Gasteiger partial charge is 0.264 e. The van der Waals surface area contributed by atoms with Crippen molar-refractivity contribution in [1.82, 2.24) is 24.3 Å². The lowest BCUT2D eigenvalue weighted by Crippen LogP contribution is -2.20. The van der Waals surface area contributed by atoms with E-state index in [0.29, 0.717) is 11.4 Å². The normalized spacial score (nSPS) is 15.4. The third-order valence-corrected chi connectivity index (χ3v) is 5.13. The molecule has 0 amide bonds. The largest absolute Gasteiger partial charge is 0.299 e. The Kier molecular flexibility index (Phi) is 4.18. The summed E-state index contributed by atoms with van der Waals surface area (Å²) in [4.78, 5) is 19.5. The van der Waals surface area contributed by atoms with Crippen molar-refractivity contribution in [3.63, 3.8) is 0 Å². The molecule has 3 heterocycles. The van der Waals surface area contributed by atoms with Crippen molar-refractivity contribution in [2.45, 2.75) is 38.2 Å². The Morgan fingerprint density at radius 2 is 2.04 bits per heavy atom. The number of alkyl halides is 2. The Labute approximate surface area is 152 Å². The monoisotopic (exact) mass is 377 g/mol. The zero-order chi connectivity index (χ0) is 18.4. The van der Waals surface area contributed by atoms with Gasteiger partial charge in [0.25, 0.3) is 12.0 Å². The Balaban J connectivity index is 2.10. The first-order valence-corrected chi connectivity index (χ1v) is 8.84. The lowest BCUT2D eigenvalue weighted by molar-refractivity contribution is 0.153. The van der Waals surface area contributed by atoms with Crippen molar-refractivity contribution in [3.8, 4) is 11.4 Å². The summed E-state index contributed by atoms with van der Waals surface area (Å²) in [5, 5.41) is 4.15. The molecule has 9 heteroatoms. The summed E-state index contributed by atoms with van der Waals surface area (Å²) in [6.45, 7) is 0. The van der Waals surface area contributed by atoms with E-state index < -0.39 is 12.0 Å². The summed E-state index contributed by atoms with van der Waals surface area (Å²) < 4.78 is 31.0. The van der Waals surface area contributed by atoms with Gasteiger partial charge in [0.1, 0.15) is 11.3 Å². The zero-order valence-corrected chi connectivity index (χ0v) is 14.9. The minimum Gasteiger partial charge on any atom is -0.299 e. The predicted octanol–water partition coefficient (Wildman–Crippen LogP) is 3.91. The molecule has 1 saturated carbocycles. The van der Waals surface area contributed by atoms with Crippen LogP contribution in [0.15, 0.2) is 23.1 Å². The highest BCUT2D eigenvalue weighted by molar-refractivity contribution is 7.71. The molecule has 0 saturated heterocycles. The van der Waals surface area contributed by atoms with Crippen LogP contribution in [0.5, 0.6) is 0 Å².